The summed E-state index contributed by atoms with van der Waals surface area (Å²) in [7, 11) is 1.96. The van der Waals surface area contributed by atoms with E-state index in [0.29, 0.717) is 12.3 Å². The molecule has 1 aromatic heterocycles. The summed E-state index contributed by atoms with van der Waals surface area (Å²) in [6.07, 6.45) is -0.841. The number of alkyl halides is 2. The van der Waals surface area contributed by atoms with E-state index in [1.807, 2.05) is 34.7 Å². The van der Waals surface area contributed by atoms with Gasteiger partial charge in [-0.05, 0) is 13.1 Å². The molecule has 2 heterocycles. The highest BCUT2D eigenvalue weighted by atomic mass is 19.3. The van der Waals surface area contributed by atoms with Gasteiger partial charge in [0.05, 0.1) is 5.69 Å². The van der Waals surface area contributed by atoms with Crippen molar-refractivity contribution in [3.8, 4) is 5.75 Å². The van der Waals surface area contributed by atoms with Crippen molar-refractivity contribution in [2.24, 2.45) is 0 Å². The van der Waals surface area contributed by atoms with Gasteiger partial charge in [0.1, 0.15) is 12.4 Å². The summed E-state index contributed by atoms with van der Waals surface area (Å²) in [5.74, 6) is 0.532. The number of aromatic nitrogens is 1. The van der Waals surface area contributed by atoms with E-state index in [4.69, 9.17) is 4.74 Å². The minimum absolute atomic E-state index is 0.532. The van der Waals surface area contributed by atoms with Crippen LogP contribution in [0.4, 0.5) is 8.78 Å². The summed E-state index contributed by atoms with van der Waals surface area (Å²) in [6, 6.07) is 1.64. The fourth-order valence-corrected chi connectivity index (χ4v) is 1.69. The summed E-state index contributed by atoms with van der Waals surface area (Å²) < 4.78 is 29.0. The van der Waals surface area contributed by atoms with Crippen molar-refractivity contribution in [1.82, 2.24) is 9.88 Å². The number of pyridine rings is 1. The minimum Gasteiger partial charge on any atom is -0.487 e. The molecule has 0 spiro atoms. The average Bonchev–Trinajstić information content (AvgIpc) is 2.81. The molecule has 3 nitrogen and oxygen atoms in total. The SMILES string of the molecule is CC.CC.CN1Cc2nccc(OCC(F)F)c2C1. The first-order chi connectivity index (χ1) is 9.16. The molecule has 2 rings (SSSR count). The highest BCUT2D eigenvalue weighted by molar-refractivity contribution is 5.38. The van der Waals surface area contributed by atoms with Crippen LogP contribution in [-0.2, 0) is 13.1 Å². The zero-order valence-corrected chi connectivity index (χ0v) is 12.4. The highest BCUT2D eigenvalue weighted by Gasteiger charge is 2.21. The number of ether oxygens (including phenoxy) is 1. The third-order valence-corrected chi connectivity index (χ3v) is 2.31. The molecule has 0 saturated carbocycles. The number of hydrogen-bond donors (Lipinski definition) is 0. The van der Waals surface area contributed by atoms with Gasteiger partial charge in [-0.2, -0.15) is 0 Å². The molecular formula is C14H24F2N2O. The predicted octanol–water partition coefficient (Wildman–Crippen LogP) is 3.72. The Labute approximate surface area is 114 Å². The Morgan fingerprint density at radius 2 is 1.89 bits per heavy atom. The third kappa shape index (κ3) is 5.51. The van der Waals surface area contributed by atoms with Gasteiger partial charge in [0.15, 0.2) is 0 Å². The Bertz CT molecular complexity index is 359. The lowest BCUT2D eigenvalue weighted by Gasteiger charge is -2.09. The van der Waals surface area contributed by atoms with Crippen LogP contribution in [0, 0.1) is 0 Å². The van der Waals surface area contributed by atoms with E-state index in [0.717, 1.165) is 17.8 Å². The molecule has 0 saturated heterocycles. The van der Waals surface area contributed by atoms with Crippen LogP contribution >= 0.6 is 0 Å². The van der Waals surface area contributed by atoms with Gasteiger partial charge >= 0.3 is 0 Å². The number of fused-ring (bicyclic) bond motifs is 1. The second-order valence-electron chi connectivity index (χ2n) is 3.61. The molecule has 1 aliphatic heterocycles. The van der Waals surface area contributed by atoms with Crippen LogP contribution in [0.3, 0.4) is 0 Å². The molecule has 0 bridgehead atoms. The zero-order chi connectivity index (χ0) is 14.8. The third-order valence-electron chi connectivity index (χ3n) is 2.31. The summed E-state index contributed by atoms with van der Waals surface area (Å²) in [4.78, 5) is 6.25. The van der Waals surface area contributed by atoms with Crippen LogP contribution in [0.1, 0.15) is 39.0 Å². The van der Waals surface area contributed by atoms with E-state index in [1.54, 1.807) is 12.3 Å². The Kier molecular flexibility index (Phi) is 9.04. The maximum Gasteiger partial charge on any atom is 0.272 e. The molecule has 0 radical (unpaired) electrons. The lowest BCUT2D eigenvalue weighted by molar-refractivity contribution is 0.0812. The quantitative estimate of drug-likeness (QED) is 0.840. The van der Waals surface area contributed by atoms with Crippen molar-refractivity contribution in [2.75, 3.05) is 13.7 Å². The first-order valence-electron chi connectivity index (χ1n) is 6.73. The number of rotatable bonds is 3. The van der Waals surface area contributed by atoms with Gasteiger partial charge in [0.25, 0.3) is 6.43 Å². The van der Waals surface area contributed by atoms with E-state index in [9.17, 15) is 8.78 Å². The van der Waals surface area contributed by atoms with Gasteiger partial charge in [0, 0.05) is 24.8 Å². The molecule has 1 aromatic rings. The van der Waals surface area contributed by atoms with E-state index in [-0.39, 0.29) is 0 Å². The van der Waals surface area contributed by atoms with Crippen molar-refractivity contribution >= 4 is 0 Å². The molecule has 0 atom stereocenters. The van der Waals surface area contributed by atoms with Gasteiger partial charge in [0.2, 0.25) is 0 Å². The summed E-state index contributed by atoms with van der Waals surface area (Å²) in [6.45, 7) is 8.91. The molecule has 0 amide bonds. The van der Waals surface area contributed by atoms with Crippen molar-refractivity contribution in [3.05, 3.63) is 23.5 Å². The number of halogens is 2. The standard InChI is InChI=1S/C10H12F2N2O.2C2H6/c1-14-4-7-8(5-14)13-3-2-9(7)15-6-10(11)12;2*1-2/h2-3,10H,4-6H2,1H3;2*1-2H3. The van der Waals surface area contributed by atoms with E-state index < -0.39 is 13.0 Å². The van der Waals surface area contributed by atoms with Crippen LogP contribution in [0.25, 0.3) is 0 Å². The Morgan fingerprint density at radius 3 is 2.47 bits per heavy atom. The number of nitrogens with zero attached hydrogens (tertiary/aromatic N) is 2. The van der Waals surface area contributed by atoms with Crippen LogP contribution < -0.4 is 4.74 Å². The molecule has 0 unspecified atom stereocenters. The first kappa shape index (κ1) is 17.8. The molecule has 110 valence electrons. The van der Waals surface area contributed by atoms with Crippen LogP contribution in [-0.4, -0.2) is 30.0 Å². The predicted molar refractivity (Wildman–Crippen MR) is 73.6 cm³/mol. The van der Waals surface area contributed by atoms with Gasteiger partial charge in [-0.15, -0.1) is 0 Å². The second-order valence-corrected chi connectivity index (χ2v) is 3.61. The highest BCUT2D eigenvalue weighted by Crippen LogP contribution is 2.28. The Morgan fingerprint density at radius 1 is 1.26 bits per heavy atom. The van der Waals surface area contributed by atoms with Crippen LogP contribution in [0.2, 0.25) is 0 Å². The average molecular weight is 274 g/mol. The summed E-state index contributed by atoms with van der Waals surface area (Å²) in [5.41, 5.74) is 1.85. The Balaban J connectivity index is 0.000000741. The molecule has 0 aliphatic carbocycles. The maximum absolute atomic E-state index is 12.0. The smallest absolute Gasteiger partial charge is 0.272 e. The zero-order valence-electron chi connectivity index (χ0n) is 12.4. The fourth-order valence-electron chi connectivity index (χ4n) is 1.69. The second kappa shape index (κ2) is 9.67. The molecule has 0 aromatic carbocycles. The maximum atomic E-state index is 12.0. The monoisotopic (exact) mass is 274 g/mol. The Hall–Kier alpha value is -1.23. The summed E-state index contributed by atoms with van der Waals surface area (Å²) in [5, 5.41) is 0. The molecule has 19 heavy (non-hydrogen) atoms. The topological polar surface area (TPSA) is 25.4 Å². The molecule has 5 heteroatoms. The molecule has 0 fully saturated rings. The molecule has 0 N–H and O–H groups in total. The molecular weight excluding hydrogens is 250 g/mol. The normalized spacial score (nSPS) is 13.1. The van der Waals surface area contributed by atoms with Gasteiger partial charge in [-0.1, -0.05) is 27.7 Å². The fraction of sp³-hybridized carbons (Fsp3) is 0.643. The summed E-state index contributed by atoms with van der Waals surface area (Å²) >= 11 is 0. The van der Waals surface area contributed by atoms with Crippen molar-refractivity contribution in [1.29, 1.82) is 0 Å². The van der Waals surface area contributed by atoms with Gasteiger partial charge < -0.3 is 4.74 Å². The largest absolute Gasteiger partial charge is 0.487 e. The van der Waals surface area contributed by atoms with Gasteiger partial charge in [-0.3, -0.25) is 9.88 Å². The van der Waals surface area contributed by atoms with Crippen molar-refractivity contribution in [2.45, 2.75) is 47.2 Å². The van der Waals surface area contributed by atoms with Crippen LogP contribution in [0.5, 0.6) is 5.75 Å². The minimum atomic E-state index is -2.44. The lowest BCUT2D eigenvalue weighted by Crippen LogP contribution is -2.10. The van der Waals surface area contributed by atoms with E-state index >= 15 is 0 Å². The van der Waals surface area contributed by atoms with Crippen LogP contribution in [0.15, 0.2) is 12.3 Å². The first-order valence-corrected chi connectivity index (χ1v) is 6.73. The number of hydrogen-bond acceptors (Lipinski definition) is 3. The molecule has 1 aliphatic rings. The van der Waals surface area contributed by atoms with Gasteiger partial charge in [-0.25, -0.2) is 8.78 Å². The van der Waals surface area contributed by atoms with E-state index in [2.05, 4.69) is 9.88 Å². The lowest BCUT2D eigenvalue weighted by atomic mass is 10.2. The van der Waals surface area contributed by atoms with Crippen molar-refractivity contribution < 1.29 is 13.5 Å². The van der Waals surface area contributed by atoms with Crippen molar-refractivity contribution in [3.63, 3.8) is 0 Å². The van der Waals surface area contributed by atoms with E-state index in [1.165, 1.54) is 0 Å².